The number of thiol groups is 1. The summed E-state index contributed by atoms with van der Waals surface area (Å²) >= 11 is 5.61. The molecule has 0 aromatic heterocycles. The molecule has 3 amide bonds. The van der Waals surface area contributed by atoms with Crippen LogP contribution in [0.1, 0.15) is 31.2 Å². The van der Waals surface area contributed by atoms with E-state index < -0.39 is 47.9 Å². The fraction of sp³-hybridized carbons (Fsp3) is 0.565. The second kappa shape index (κ2) is 17.2. The van der Waals surface area contributed by atoms with E-state index in [-0.39, 0.29) is 18.6 Å². The molecule has 8 N–H and O–H groups in total. The molecular formula is C23H37N5O5S2. The Kier molecular flexibility index (Phi) is 15.1. The third kappa shape index (κ3) is 11.8. The second-order valence-electron chi connectivity index (χ2n) is 8.07. The van der Waals surface area contributed by atoms with E-state index in [1.807, 2.05) is 36.6 Å². The molecule has 4 unspecified atom stereocenters. The zero-order valence-electron chi connectivity index (χ0n) is 19.9. The Balaban J connectivity index is 2.92. The molecule has 0 bridgehead atoms. The van der Waals surface area contributed by atoms with Crippen molar-refractivity contribution in [1.29, 1.82) is 0 Å². The highest BCUT2D eigenvalue weighted by Crippen LogP contribution is 2.07. The maximum atomic E-state index is 13.1. The molecule has 0 spiro atoms. The molecule has 12 heteroatoms. The highest BCUT2D eigenvalue weighted by molar-refractivity contribution is 7.98. The van der Waals surface area contributed by atoms with Crippen molar-refractivity contribution >= 4 is 48.1 Å². The number of thioether (sulfide) groups is 1. The van der Waals surface area contributed by atoms with E-state index in [4.69, 9.17) is 11.5 Å². The highest BCUT2D eigenvalue weighted by atomic mass is 32.2. The number of benzene rings is 1. The van der Waals surface area contributed by atoms with Crippen molar-refractivity contribution in [3.05, 3.63) is 35.9 Å². The van der Waals surface area contributed by atoms with E-state index in [2.05, 4.69) is 28.6 Å². The first-order chi connectivity index (χ1) is 16.7. The number of hydrogen-bond donors (Lipinski definition) is 7. The predicted molar refractivity (Wildman–Crippen MR) is 141 cm³/mol. The summed E-state index contributed by atoms with van der Waals surface area (Å²) in [7, 11) is 0. The number of nitrogens with one attached hydrogen (secondary N) is 3. The van der Waals surface area contributed by atoms with E-state index in [1.165, 1.54) is 11.8 Å². The lowest BCUT2D eigenvalue weighted by atomic mass is 10.0. The Labute approximate surface area is 216 Å². The Hall–Kier alpha value is -2.28. The fourth-order valence-electron chi connectivity index (χ4n) is 3.21. The van der Waals surface area contributed by atoms with Gasteiger partial charge in [0.15, 0.2) is 0 Å². The summed E-state index contributed by atoms with van der Waals surface area (Å²) in [6.45, 7) is 0.501. The van der Waals surface area contributed by atoms with Gasteiger partial charge >= 0.3 is 5.97 Å². The molecule has 1 rings (SSSR count). The quantitative estimate of drug-likeness (QED) is 0.109. The average Bonchev–Trinajstić information content (AvgIpc) is 2.84. The molecule has 35 heavy (non-hydrogen) atoms. The second-order valence-corrected chi connectivity index (χ2v) is 9.42. The number of carboxylic acids is 1. The minimum absolute atomic E-state index is 0.0585. The Morgan fingerprint density at radius 1 is 0.943 bits per heavy atom. The molecular weight excluding hydrogens is 490 g/mol. The van der Waals surface area contributed by atoms with Crippen LogP contribution in [0.2, 0.25) is 0 Å². The van der Waals surface area contributed by atoms with Crippen LogP contribution in [0.5, 0.6) is 0 Å². The third-order valence-electron chi connectivity index (χ3n) is 5.26. The van der Waals surface area contributed by atoms with E-state index in [0.29, 0.717) is 25.1 Å². The van der Waals surface area contributed by atoms with E-state index >= 15 is 0 Å². The van der Waals surface area contributed by atoms with Crippen molar-refractivity contribution in [1.82, 2.24) is 16.0 Å². The van der Waals surface area contributed by atoms with Crippen LogP contribution in [0.4, 0.5) is 0 Å². The van der Waals surface area contributed by atoms with Gasteiger partial charge in [0.05, 0.1) is 6.04 Å². The van der Waals surface area contributed by atoms with Crippen LogP contribution in [-0.2, 0) is 25.6 Å². The minimum Gasteiger partial charge on any atom is -0.480 e. The summed E-state index contributed by atoms with van der Waals surface area (Å²) < 4.78 is 0. The highest BCUT2D eigenvalue weighted by Gasteiger charge is 2.29. The first-order valence-corrected chi connectivity index (χ1v) is 13.5. The lowest BCUT2D eigenvalue weighted by Crippen LogP contribution is -2.58. The van der Waals surface area contributed by atoms with Gasteiger partial charge in [-0.25, -0.2) is 4.79 Å². The van der Waals surface area contributed by atoms with Crippen LogP contribution in [-0.4, -0.2) is 77.3 Å². The molecule has 0 aliphatic heterocycles. The van der Waals surface area contributed by atoms with Gasteiger partial charge in [0.25, 0.3) is 0 Å². The van der Waals surface area contributed by atoms with Crippen molar-refractivity contribution in [3.8, 4) is 0 Å². The monoisotopic (exact) mass is 527 g/mol. The van der Waals surface area contributed by atoms with Gasteiger partial charge in [0.1, 0.15) is 18.1 Å². The van der Waals surface area contributed by atoms with Gasteiger partial charge in [-0.15, -0.1) is 0 Å². The molecule has 0 saturated heterocycles. The zero-order chi connectivity index (χ0) is 26.2. The Morgan fingerprint density at radius 3 is 2.11 bits per heavy atom. The van der Waals surface area contributed by atoms with Crippen molar-refractivity contribution < 1.29 is 24.3 Å². The van der Waals surface area contributed by atoms with Crippen molar-refractivity contribution in [3.63, 3.8) is 0 Å². The molecule has 1 aromatic rings. The predicted octanol–water partition coefficient (Wildman–Crippen LogP) is -0.0927. The fourth-order valence-corrected chi connectivity index (χ4v) is 3.94. The SMILES string of the molecule is CSCCC(NC(=O)C(CS)NC(=O)C(Cc1ccccc1)NC(=O)C(N)CCCCN)C(=O)O. The van der Waals surface area contributed by atoms with Gasteiger partial charge in [-0.1, -0.05) is 36.8 Å². The lowest BCUT2D eigenvalue weighted by molar-refractivity contribution is -0.142. The number of nitrogens with two attached hydrogens (primary N) is 2. The molecule has 196 valence electrons. The summed E-state index contributed by atoms with van der Waals surface area (Å²) in [5.41, 5.74) is 12.3. The van der Waals surface area contributed by atoms with Crippen LogP contribution in [0, 0.1) is 0 Å². The molecule has 0 saturated carbocycles. The maximum absolute atomic E-state index is 13.1. The van der Waals surface area contributed by atoms with Gasteiger partial charge in [-0.05, 0) is 43.4 Å². The molecule has 4 atom stereocenters. The van der Waals surface area contributed by atoms with Gasteiger partial charge in [-0.2, -0.15) is 24.4 Å². The topological polar surface area (TPSA) is 177 Å². The minimum atomic E-state index is -1.16. The number of carbonyl (C=O) groups is 4. The molecule has 0 aliphatic carbocycles. The normalized spacial score (nSPS) is 14.3. The van der Waals surface area contributed by atoms with Gasteiger partial charge in [0.2, 0.25) is 17.7 Å². The summed E-state index contributed by atoms with van der Waals surface area (Å²) in [4.78, 5) is 49.9. The molecule has 1 aromatic carbocycles. The van der Waals surface area contributed by atoms with E-state index in [0.717, 1.165) is 12.0 Å². The first kappa shape index (κ1) is 30.8. The maximum Gasteiger partial charge on any atom is 0.326 e. The first-order valence-electron chi connectivity index (χ1n) is 11.5. The van der Waals surface area contributed by atoms with Gasteiger partial charge in [0, 0.05) is 12.2 Å². The molecule has 0 aliphatic rings. The molecule has 0 heterocycles. The Bertz CT molecular complexity index is 815. The van der Waals surface area contributed by atoms with Crippen LogP contribution < -0.4 is 27.4 Å². The number of amides is 3. The van der Waals surface area contributed by atoms with Crippen LogP contribution >= 0.6 is 24.4 Å². The Morgan fingerprint density at radius 2 is 1.54 bits per heavy atom. The number of aliphatic carboxylic acids is 1. The van der Waals surface area contributed by atoms with Crippen LogP contribution in [0.15, 0.2) is 30.3 Å². The average molecular weight is 528 g/mol. The van der Waals surface area contributed by atoms with Crippen molar-refractivity contribution in [2.75, 3.05) is 24.3 Å². The number of unbranched alkanes of at least 4 members (excludes halogenated alkanes) is 1. The number of rotatable bonds is 17. The van der Waals surface area contributed by atoms with E-state index in [9.17, 15) is 24.3 Å². The van der Waals surface area contributed by atoms with Crippen molar-refractivity contribution in [2.24, 2.45) is 11.5 Å². The van der Waals surface area contributed by atoms with Crippen molar-refractivity contribution in [2.45, 2.75) is 56.3 Å². The van der Waals surface area contributed by atoms with Gasteiger partial charge in [-0.3, -0.25) is 14.4 Å². The van der Waals surface area contributed by atoms with Gasteiger partial charge < -0.3 is 32.5 Å². The summed E-state index contributed by atoms with van der Waals surface area (Å²) in [6.07, 6.45) is 4.11. The van der Waals surface area contributed by atoms with Crippen LogP contribution in [0.3, 0.4) is 0 Å². The molecule has 0 fully saturated rings. The number of carbonyl (C=O) groups excluding carboxylic acids is 3. The standard InChI is InChI=1S/C23H37N5O5S2/c1-35-12-10-17(23(32)33)26-22(31)19(14-34)28-21(30)18(13-15-7-3-2-4-8-15)27-20(29)16(25)9-5-6-11-24/h2-4,7-8,16-19,34H,5-6,9-14,24-25H2,1H3,(H,26,31)(H,27,29)(H,28,30)(H,32,33). The summed E-state index contributed by atoms with van der Waals surface area (Å²) in [6, 6.07) is 5.14. The number of hydrogen-bond acceptors (Lipinski definition) is 8. The molecule has 0 radical (unpaired) electrons. The number of carboxylic acid groups (broad SMARTS) is 1. The lowest BCUT2D eigenvalue weighted by Gasteiger charge is -2.24. The molecule has 10 nitrogen and oxygen atoms in total. The third-order valence-corrected chi connectivity index (χ3v) is 6.27. The largest absolute Gasteiger partial charge is 0.480 e. The van der Waals surface area contributed by atoms with E-state index in [1.54, 1.807) is 0 Å². The van der Waals surface area contributed by atoms with Crippen LogP contribution in [0.25, 0.3) is 0 Å². The summed E-state index contributed by atoms with van der Waals surface area (Å²) in [5.74, 6) is -2.41. The zero-order valence-corrected chi connectivity index (χ0v) is 21.7. The smallest absolute Gasteiger partial charge is 0.326 e. The summed E-state index contributed by atoms with van der Waals surface area (Å²) in [5, 5.41) is 17.1.